The molecule has 0 aliphatic heterocycles. The summed E-state index contributed by atoms with van der Waals surface area (Å²) in [7, 11) is 0. The van der Waals surface area contributed by atoms with Gasteiger partial charge in [-0.2, -0.15) is 0 Å². The largest absolute Gasteiger partial charge is 0.358 e. The van der Waals surface area contributed by atoms with Crippen molar-refractivity contribution in [2.24, 2.45) is 0 Å². The van der Waals surface area contributed by atoms with Crippen molar-refractivity contribution in [2.45, 2.75) is 31.8 Å². The number of halogens is 2. The summed E-state index contributed by atoms with van der Waals surface area (Å²) in [4.78, 5) is 13.3. The van der Waals surface area contributed by atoms with Crippen molar-refractivity contribution in [3.8, 4) is 0 Å². The summed E-state index contributed by atoms with van der Waals surface area (Å²) in [5.41, 5.74) is 1.24. The fraction of sp³-hybridized carbons (Fsp3) is 0.261. The summed E-state index contributed by atoms with van der Waals surface area (Å²) in [6.07, 6.45) is 2.14. The summed E-state index contributed by atoms with van der Waals surface area (Å²) in [5.74, 6) is 0.00745. The number of hydrogen-bond donors (Lipinski definition) is 0. The van der Waals surface area contributed by atoms with Crippen LogP contribution in [0.5, 0.6) is 0 Å². The Bertz CT molecular complexity index is 1030. The van der Waals surface area contributed by atoms with Crippen molar-refractivity contribution in [2.75, 3.05) is 6.61 Å². The summed E-state index contributed by atoms with van der Waals surface area (Å²) in [6, 6.07) is 17.7. The van der Waals surface area contributed by atoms with Gasteiger partial charge in [-0.25, -0.2) is 0 Å². The number of carbonyl (C=O) groups is 1. The maximum atomic E-state index is 13.3. The lowest BCUT2D eigenvalue weighted by molar-refractivity contribution is -0.138. The quantitative estimate of drug-likeness (QED) is 0.469. The van der Waals surface area contributed by atoms with E-state index in [0.717, 1.165) is 40.3 Å². The van der Waals surface area contributed by atoms with Crippen LogP contribution in [0.1, 0.15) is 36.5 Å². The Morgan fingerprint density at radius 3 is 2.59 bits per heavy atom. The average molecular weight is 399 g/mol. The third kappa shape index (κ3) is 3.06. The molecule has 3 aromatic carbocycles. The first-order valence-electron chi connectivity index (χ1n) is 9.21. The van der Waals surface area contributed by atoms with E-state index in [1.54, 1.807) is 6.07 Å². The maximum Gasteiger partial charge on any atom is 0.178 e. The van der Waals surface area contributed by atoms with Gasteiger partial charge in [0.2, 0.25) is 0 Å². The van der Waals surface area contributed by atoms with Crippen molar-refractivity contribution < 1.29 is 9.53 Å². The molecule has 2 nitrogen and oxygen atoms in total. The summed E-state index contributed by atoms with van der Waals surface area (Å²) in [5, 5.41) is 3.21. The van der Waals surface area contributed by atoms with Crippen molar-refractivity contribution in [1.29, 1.82) is 0 Å². The predicted octanol–water partition coefficient (Wildman–Crippen LogP) is 6.33. The molecule has 4 heteroatoms. The molecule has 3 aromatic rings. The lowest BCUT2D eigenvalue weighted by Crippen LogP contribution is -2.37. The maximum absolute atomic E-state index is 13.3. The molecule has 1 aliphatic carbocycles. The fourth-order valence-electron chi connectivity index (χ4n) is 3.92. The van der Waals surface area contributed by atoms with Gasteiger partial charge in [-0.3, -0.25) is 4.79 Å². The highest BCUT2D eigenvalue weighted by atomic mass is 35.5. The second-order valence-corrected chi connectivity index (χ2v) is 7.81. The molecule has 0 N–H and O–H groups in total. The molecule has 0 fully saturated rings. The van der Waals surface area contributed by atoms with Gasteiger partial charge in [0, 0.05) is 28.6 Å². The predicted molar refractivity (Wildman–Crippen MR) is 111 cm³/mol. The highest BCUT2D eigenvalue weighted by Crippen LogP contribution is 2.47. The first-order valence-corrected chi connectivity index (χ1v) is 9.97. The average Bonchev–Trinajstić information content (AvgIpc) is 2.94. The highest BCUT2D eigenvalue weighted by Gasteiger charge is 2.50. The van der Waals surface area contributed by atoms with E-state index >= 15 is 0 Å². The Balaban J connectivity index is 1.95. The molecule has 27 heavy (non-hydrogen) atoms. The van der Waals surface area contributed by atoms with Crippen LogP contribution in [-0.4, -0.2) is 12.4 Å². The summed E-state index contributed by atoms with van der Waals surface area (Å²) < 4.78 is 6.35. The van der Waals surface area contributed by atoms with Gasteiger partial charge in [-0.1, -0.05) is 72.9 Å². The van der Waals surface area contributed by atoms with Crippen LogP contribution in [0, 0.1) is 0 Å². The highest BCUT2D eigenvalue weighted by molar-refractivity contribution is 6.36. The lowest BCUT2D eigenvalue weighted by atomic mass is 9.85. The first kappa shape index (κ1) is 18.5. The van der Waals surface area contributed by atoms with Gasteiger partial charge < -0.3 is 4.74 Å². The van der Waals surface area contributed by atoms with Crippen molar-refractivity contribution in [3.63, 3.8) is 0 Å². The number of Topliss-reactive ketones (excluding diaryl/α,β-unsaturated/α-hetero) is 1. The second kappa shape index (κ2) is 7.27. The molecule has 0 bridgehead atoms. The summed E-state index contributed by atoms with van der Waals surface area (Å²) in [6.45, 7) is 2.59. The molecule has 138 valence electrons. The monoisotopic (exact) mass is 398 g/mol. The third-order valence-electron chi connectivity index (χ3n) is 5.20. The van der Waals surface area contributed by atoms with Gasteiger partial charge >= 0.3 is 0 Å². The Morgan fingerprint density at radius 2 is 1.81 bits per heavy atom. The number of hydrogen-bond acceptors (Lipinski definition) is 2. The zero-order valence-corrected chi connectivity index (χ0v) is 16.6. The Morgan fingerprint density at radius 1 is 1.04 bits per heavy atom. The van der Waals surface area contributed by atoms with E-state index in [2.05, 4.69) is 13.0 Å². The number of carbonyl (C=O) groups excluding carboxylic acids is 1. The van der Waals surface area contributed by atoms with Crippen LogP contribution in [0.4, 0.5) is 0 Å². The van der Waals surface area contributed by atoms with E-state index in [-0.39, 0.29) is 12.2 Å². The van der Waals surface area contributed by atoms with Crippen LogP contribution in [0.15, 0.2) is 54.6 Å². The minimum absolute atomic E-state index is 0.00745. The Labute approximate surface area is 169 Å². The van der Waals surface area contributed by atoms with E-state index in [0.29, 0.717) is 16.7 Å². The molecule has 0 aromatic heterocycles. The number of rotatable bonds is 5. The zero-order chi connectivity index (χ0) is 19.0. The topological polar surface area (TPSA) is 26.3 Å². The van der Waals surface area contributed by atoms with Gasteiger partial charge in [0.1, 0.15) is 0 Å². The minimum atomic E-state index is -1.17. The van der Waals surface area contributed by atoms with E-state index in [1.165, 1.54) is 0 Å². The first-order chi connectivity index (χ1) is 13.1. The molecule has 0 saturated heterocycles. The van der Waals surface area contributed by atoms with E-state index in [9.17, 15) is 4.79 Å². The number of fused-ring (bicyclic) bond motifs is 2. The van der Waals surface area contributed by atoms with E-state index in [1.807, 2.05) is 42.5 Å². The van der Waals surface area contributed by atoms with Crippen LogP contribution >= 0.6 is 23.2 Å². The standard InChI is InChI=1S/C23H20Cl2O2/c1-2-3-10-27-23(18-9-8-15-6-4-5-7-16(15)11-18)21(26)13-17-12-19(24)14-20(25)22(17)23/h4-9,11-12,14H,2-3,10,13H2,1H3. The van der Waals surface area contributed by atoms with Gasteiger partial charge in [0.15, 0.2) is 11.4 Å². The second-order valence-electron chi connectivity index (χ2n) is 6.97. The van der Waals surface area contributed by atoms with Crippen molar-refractivity contribution in [1.82, 2.24) is 0 Å². The Hall–Kier alpha value is -1.87. The van der Waals surface area contributed by atoms with Crippen LogP contribution in [0.2, 0.25) is 10.0 Å². The lowest BCUT2D eigenvalue weighted by Gasteiger charge is -2.31. The van der Waals surface area contributed by atoms with Crippen LogP contribution in [-0.2, 0) is 21.6 Å². The third-order valence-corrected chi connectivity index (χ3v) is 5.72. The van der Waals surface area contributed by atoms with Crippen molar-refractivity contribution in [3.05, 3.63) is 81.3 Å². The van der Waals surface area contributed by atoms with Gasteiger partial charge in [-0.15, -0.1) is 0 Å². The Kier molecular flexibility index (Phi) is 4.98. The minimum Gasteiger partial charge on any atom is -0.358 e. The number of benzene rings is 3. The molecule has 4 rings (SSSR count). The number of unbranched alkanes of at least 4 members (excludes halogenated alkanes) is 1. The molecular weight excluding hydrogens is 379 g/mol. The van der Waals surface area contributed by atoms with E-state index in [4.69, 9.17) is 27.9 Å². The van der Waals surface area contributed by atoms with Crippen molar-refractivity contribution >= 4 is 39.8 Å². The number of ketones is 1. The van der Waals surface area contributed by atoms with E-state index < -0.39 is 5.60 Å². The molecule has 1 aliphatic rings. The molecular formula is C23H20Cl2O2. The normalized spacial score (nSPS) is 18.9. The van der Waals surface area contributed by atoms with Crippen LogP contribution in [0.25, 0.3) is 10.8 Å². The van der Waals surface area contributed by atoms with Crippen LogP contribution in [0.3, 0.4) is 0 Å². The summed E-state index contributed by atoms with van der Waals surface area (Å²) >= 11 is 12.8. The number of ether oxygens (including phenoxy) is 1. The molecule has 1 atom stereocenters. The van der Waals surface area contributed by atoms with Gasteiger partial charge in [0.05, 0.1) is 0 Å². The van der Waals surface area contributed by atoms with Gasteiger partial charge in [-0.05, 0) is 46.5 Å². The molecule has 0 amide bonds. The smallest absolute Gasteiger partial charge is 0.178 e. The SMILES string of the molecule is CCCCOC1(c2ccc3ccccc3c2)C(=O)Cc2cc(Cl)cc(Cl)c21. The molecule has 1 unspecified atom stereocenters. The fourth-order valence-corrected chi connectivity index (χ4v) is 4.59. The molecule has 0 saturated carbocycles. The molecule has 0 spiro atoms. The van der Waals surface area contributed by atoms with Crippen LogP contribution < -0.4 is 0 Å². The van der Waals surface area contributed by atoms with Gasteiger partial charge in [0.25, 0.3) is 0 Å². The molecule has 0 radical (unpaired) electrons. The molecule has 0 heterocycles. The zero-order valence-electron chi connectivity index (χ0n) is 15.1.